The molecule has 0 radical (unpaired) electrons. The van der Waals surface area contributed by atoms with Gasteiger partial charge in [0.15, 0.2) is 11.5 Å². The molecule has 1 aromatic carbocycles. The zero-order valence-corrected chi connectivity index (χ0v) is 14.2. The van der Waals surface area contributed by atoms with E-state index in [2.05, 4.69) is 10.5 Å². The van der Waals surface area contributed by atoms with Gasteiger partial charge in [0.1, 0.15) is 5.56 Å². The van der Waals surface area contributed by atoms with E-state index >= 15 is 0 Å². The summed E-state index contributed by atoms with van der Waals surface area (Å²) in [4.78, 5) is 25.4. The monoisotopic (exact) mass is 337 g/mol. The summed E-state index contributed by atoms with van der Waals surface area (Å²) in [7, 11) is 0. The fourth-order valence-corrected chi connectivity index (χ4v) is 2.70. The largest absolute Gasteiger partial charge is 0.360 e. The summed E-state index contributed by atoms with van der Waals surface area (Å²) in [6.45, 7) is 3.75. The maximum absolute atomic E-state index is 12.8. The molecule has 0 spiro atoms. The Balaban J connectivity index is 1.78. The van der Waals surface area contributed by atoms with Gasteiger partial charge in [0.2, 0.25) is 0 Å². The van der Waals surface area contributed by atoms with Gasteiger partial charge >= 0.3 is 0 Å². The van der Waals surface area contributed by atoms with Gasteiger partial charge in [-0.15, -0.1) is 0 Å². The molecule has 6 nitrogen and oxygen atoms in total. The predicted molar refractivity (Wildman–Crippen MR) is 90.1 cm³/mol. The molecule has 0 aliphatic heterocycles. The van der Waals surface area contributed by atoms with Crippen LogP contribution in [0.2, 0.25) is 0 Å². The maximum atomic E-state index is 12.8. The number of rotatable bonds is 6. The van der Waals surface area contributed by atoms with Crippen molar-refractivity contribution < 1.29 is 14.1 Å². The molecule has 128 valence electrons. The number of carbonyl (C=O) groups is 2. The summed E-state index contributed by atoms with van der Waals surface area (Å²) in [6.07, 6.45) is 3.40. The van der Waals surface area contributed by atoms with Crippen LogP contribution in [-0.2, 0) is 0 Å². The molecule has 0 saturated heterocycles. The first kappa shape index (κ1) is 16.9. The van der Waals surface area contributed by atoms with Crippen molar-refractivity contribution in [3.8, 4) is 6.07 Å². The van der Waals surface area contributed by atoms with Gasteiger partial charge in [0, 0.05) is 11.5 Å². The van der Waals surface area contributed by atoms with Crippen LogP contribution >= 0.6 is 0 Å². The summed E-state index contributed by atoms with van der Waals surface area (Å²) in [5.41, 5.74) is 1.35. The highest BCUT2D eigenvalue weighted by atomic mass is 16.5. The van der Waals surface area contributed by atoms with Crippen LogP contribution in [0.15, 0.2) is 35.0 Å². The number of nitriles is 1. The van der Waals surface area contributed by atoms with Crippen LogP contribution in [0.1, 0.15) is 64.6 Å². The highest BCUT2D eigenvalue weighted by molar-refractivity contribution is 6.04. The summed E-state index contributed by atoms with van der Waals surface area (Å²) in [5, 5.41) is 15.4. The van der Waals surface area contributed by atoms with Gasteiger partial charge in [-0.05, 0) is 30.9 Å². The Hall–Kier alpha value is -2.94. The topological polar surface area (TPSA) is 96.0 Å². The van der Waals surface area contributed by atoms with Crippen LogP contribution in [-0.4, -0.2) is 22.9 Å². The Kier molecular flexibility index (Phi) is 4.66. The number of benzene rings is 1. The van der Waals surface area contributed by atoms with E-state index in [9.17, 15) is 9.59 Å². The molecule has 1 aromatic heterocycles. The van der Waals surface area contributed by atoms with Gasteiger partial charge in [0.25, 0.3) is 5.91 Å². The molecule has 1 atom stereocenters. The van der Waals surface area contributed by atoms with Crippen molar-refractivity contribution in [1.82, 2.24) is 10.5 Å². The summed E-state index contributed by atoms with van der Waals surface area (Å²) in [6, 6.07) is 7.76. The van der Waals surface area contributed by atoms with Crippen molar-refractivity contribution in [2.24, 2.45) is 5.92 Å². The quantitative estimate of drug-likeness (QED) is 0.817. The smallest absolute Gasteiger partial charge is 0.257 e. The first-order valence-corrected chi connectivity index (χ1v) is 8.31. The van der Waals surface area contributed by atoms with Crippen LogP contribution < -0.4 is 5.32 Å². The average molecular weight is 337 g/mol. The molecular weight excluding hydrogens is 318 g/mol. The predicted octanol–water partition coefficient (Wildman–Crippen LogP) is 3.06. The standard InChI is InChI=1S/C19H19N3O3/c1-11(2)16(17(23)13-5-3-12(9-20)4-6-13)22-19(24)15-10-21-25-18(15)14-7-8-14/h3-6,10-11,14,16H,7-8H2,1-2H3,(H,22,24). The molecular formula is C19H19N3O3. The van der Waals surface area contributed by atoms with Crippen LogP contribution in [0, 0.1) is 17.2 Å². The normalized spacial score (nSPS) is 14.8. The van der Waals surface area contributed by atoms with E-state index in [-0.39, 0.29) is 23.5 Å². The van der Waals surface area contributed by atoms with E-state index < -0.39 is 6.04 Å². The Morgan fingerprint density at radius 1 is 1.28 bits per heavy atom. The number of carbonyl (C=O) groups excluding carboxylic acids is 2. The Labute approximate surface area is 145 Å². The fourth-order valence-electron chi connectivity index (χ4n) is 2.70. The number of aromatic nitrogens is 1. The van der Waals surface area contributed by atoms with E-state index in [0.717, 1.165) is 12.8 Å². The van der Waals surface area contributed by atoms with Crippen LogP contribution in [0.25, 0.3) is 0 Å². The van der Waals surface area contributed by atoms with Crippen LogP contribution in [0.4, 0.5) is 0 Å². The van der Waals surface area contributed by atoms with E-state index in [1.165, 1.54) is 6.20 Å². The minimum atomic E-state index is -0.664. The molecule has 1 unspecified atom stereocenters. The second kappa shape index (κ2) is 6.89. The summed E-state index contributed by atoms with van der Waals surface area (Å²) < 4.78 is 5.20. The first-order chi connectivity index (χ1) is 12.0. The SMILES string of the molecule is CC(C)C(NC(=O)c1cnoc1C1CC1)C(=O)c1ccc(C#N)cc1. The van der Waals surface area contributed by atoms with Crippen molar-refractivity contribution in [1.29, 1.82) is 5.26 Å². The third-order valence-electron chi connectivity index (χ3n) is 4.33. The van der Waals surface area contributed by atoms with E-state index in [0.29, 0.717) is 22.5 Å². The van der Waals surface area contributed by atoms with E-state index in [4.69, 9.17) is 9.78 Å². The minimum absolute atomic E-state index is 0.0867. The van der Waals surface area contributed by atoms with Crippen molar-refractivity contribution in [2.45, 2.75) is 38.6 Å². The lowest BCUT2D eigenvalue weighted by atomic mass is 9.94. The molecule has 1 amide bonds. The van der Waals surface area contributed by atoms with E-state index in [1.807, 2.05) is 19.9 Å². The zero-order chi connectivity index (χ0) is 18.0. The number of amides is 1. The van der Waals surface area contributed by atoms with Crippen LogP contribution in [0.5, 0.6) is 0 Å². The van der Waals surface area contributed by atoms with Gasteiger partial charge in [0.05, 0.1) is 23.9 Å². The number of Topliss-reactive ketones (excluding diaryl/α,β-unsaturated/α-hetero) is 1. The molecule has 1 N–H and O–H groups in total. The highest BCUT2D eigenvalue weighted by Crippen LogP contribution is 2.41. The number of nitrogens with zero attached hydrogens (tertiary/aromatic N) is 2. The lowest BCUT2D eigenvalue weighted by molar-refractivity contribution is 0.0830. The second-order valence-electron chi connectivity index (χ2n) is 6.63. The lowest BCUT2D eigenvalue weighted by Gasteiger charge is -2.21. The molecule has 2 aromatic rings. The fraction of sp³-hybridized carbons (Fsp3) is 0.368. The van der Waals surface area contributed by atoms with Gasteiger partial charge in [-0.3, -0.25) is 9.59 Å². The molecule has 6 heteroatoms. The van der Waals surface area contributed by atoms with Gasteiger partial charge in [-0.1, -0.05) is 31.1 Å². The molecule has 1 aliphatic carbocycles. The third kappa shape index (κ3) is 3.61. The summed E-state index contributed by atoms with van der Waals surface area (Å²) >= 11 is 0. The van der Waals surface area contributed by atoms with Crippen molar-refractivity contribution in [2.75, 3.05) is 0 Å². The van der Waals surface area contributed by atoms with Gasteiger partial charge < -0.3 is 9.84 Å². The maximum Gasteiger partial charge on any atom is 0.257 e. The lowest BCUT2D eigenvalue weighted by Crippen LogP contribution is -2.44. The first-order valence-electron chi connectivity index (χ1n) is 8.31. The molecule has 1 saturated carbocycles. The second-order valence-corrected chi connectivity index (χ2v) is 6.63. The van der Waals surface area contributed by atoms with Gasteiger partial charge in [-0.25, -0.2) is 0 Å². The highest BCUT2D eigenvalue weighted by Gasteiger charge is 2.34. The van der Waals surface area contributed by atoms with E-state index in [1.54, 1.807) is 24.3 Å². The molecule has 1 heterocycles. The van der Waals surface area contributed by atoms with Crippen LogP contribution in [0.3, 0.4) is 0 Å². The number of hydrogen-bond donors (Lipinski definition) is 1. The Morgan fingerprint density at radius 2 is 1.96 bits per heavy atom. The average Bonchev–Trinajstić information content (AvgIpc) is 3.35. The number of hydrogen-bond acceptors (Lipinski definition) is 5. The minimum Gasteiger partial charge on any atom is -0.360 e. The van der Waals surface area contributed by atoms with Crippen molar-refractivity contribution in [3.05, 3.63) is 52.9 Å². The molecule has 0 bridgehead atoms. The van der Waals surface area contributed by atoms with Crippen molar-refractivity contribution in [3.63, 3.8) is 0 Å². The molecule has 25 heavy (non-hydrogen) atoms. The summed E-state index contributed by atoms with van der Waals surface area (Å²) in [5.74, 6) is 0.248. The molecule has 3 rings (SSSR count). The van der Waals surface area contributed by atoms with Crippen molar-refractivity contribution >= 4 is 11.7 Å². The molecule has 1 fully saturated rings. The Bertz CT molecular complexity index is 826. The molecule has 1 aliphatic rings. The number of ketones is 1. The van der Waals surface area contributed by atoms with Gasteiger partial charge in [-0.2, -0.15) is 5.26 Å². The Morgan fingerprint density at radius 3 is 2.52 bits per heavy atom. The third-order valence-corrected chi connectivity index (χ3v) is 4.33. The number of nitrogens with one attached hydrogen (secondary N) is 1. The zero-order valence-electron chi connectivity index (χ0n) is 14.2.